The van der Waals surface area contributed by atoms with E-state index in [-0.39, 0.29) is 16.5 Å². The Kier molecular flexibility index (Phi) is 6.12. The topological polar surface area (TPSA) is 77.0 Å². The second-order valence-electron chi connectivity index (χ2n) is 5.14. The average Bonchev–Trinajstić information content (AvgIpc) is 2.65. The van der Waals surface area contributed by atoms with Crippen molar-refractivity contribution in [2.75, 3.05) is 28.4 Å². The van der Waals surface area contributed by atoms with E-state index in [1.165, 1.54) is 28.4 Å². The third kappa shape index (κ3) is 3.65. The molecule has 0 spiro atoms. The van der Waals surface area contributed by atoms with E-state index in [0.717, 1.165) is 0 Å². The molecule has 0 bridgehead atoms. The van der Waals surface area contributed by atoms with Crippen LogP contribution in [0.2, 0.25) is 5.02 Å². The van der Waals surface area contributed by atoms with Gasteiger partial charge in [-0.3, -0.25) is 4.79 Å². The Bertz CT molecular complexity index is 753. The number of carbonyl (C=O) groups excluding carboxylic acids is 1. The van der Waals surface area contributed by atoms with Gasteiger partial charge >= 0.3 is 0 Å². The zero-order valence-electron chi connectivity index (χ0n) is 14.4. The van der Waals surface area contributed by atoms with Gasteiger partial charge in [-0.05, 0) is 29.3 Å². The molecule has 6 nitrogen and oxygen atoms in total. The second-order valence-corrected chi connectivity index (χ2v) is 5.55. The number of rotatable bonds is 6. The predicted octanol–water partition coefficient (Wildman–Crippen LogP) is 2.81. The van der Waals surface area contributed by atoms with Gasteiger partial charge in [0.25, 0.3) is 5.91 Å². The Morgan fingerprint density at radius 1 is 1.12 bits per heavy atom. The Labute approximate surface area is 151 Å². The number of hydrogen-bond acceptors (Lipinski definition) is 5. The highest BCUT2D eigenvalue weighted by Gasteiger charge is 2.23. The lowest BCUT2D eigenvalue weighted by Crippen LogP contribution is -2.21. The van der Waals surface area contributed by atoms with Gasteiger partial charge in [0.2, 0.25) is 5.75 Å². The molecule has 0 aliphatic carbocycles. The number of methoxy groups -OCH3 is 3. The summed E-state index contributed by atoms with van der Waals surface area (Å²) in [5.41, 5.74) is 1.07. The summed E-state index contributed by atoms with van der Waals surface area (Å²) in [6.45, 7) is 0. The fraction of sp³-hybridized carbons (Fsp3) is 0.278. The zero-order chi connectivity index (χ0) is 18.6. The maximum Gasteiger partial charge on any atom is 0.252 e. The molecule has 0 radical (unpaired) electrons. The number of nitrogens with one attached hydrogen (secondary N) is 1. The molecule has 0 fully saturated rings. The zero-order valence-corrected chi connectivity index (χ0v) is 15.2. The van der Waals surface area contributed by atoms with Gasteiger partial charge in [-0.15, -0.1) is 0 Å². The molecule has 0 aliphatic rings. The fourth-order valence-electron chi connectivity index (χ4n) is 2.57. The van der Waals surface area contributed by atoms with E-state index in [9.17, 15) is 9.90 Å². The molecular weight excluding hydrogens is 346 g/mol. The lowest BCUT2D eigenvalue weighted by atomic mass is 9.95. The summed E-state index contributed by atoms with van der Waals surface area (Å²) < 4.78 is 15.9. The van der Waals surface area contributed by atoms with Crippen LogP contribution in [-0.4, -0.2) is 39.4 Å². The minimum absolute atomic E-state index is 0.216. The van der Waals surface area contributed by atoms with E-state index in [4.69, 9.17) is 25.8 Å². The van der Waals surface area contributed by atoms with Crippen LogP contribution in [0.3, 0.4) is 0 Å². The molecule has 0 saturated carbocycles. The Balaban J connectivity index is 2.61. The van der Waals surface area contributed by atoms with Crippen LogP contribution >= 0.6 is 11.6 Å². The molecule has 25 heavy (non-hydrogen) atoms. The summed E-state index contributed by atoms with van der Waals surface area (Å²) in [5.74, 6) is 0.838. The maximum absolute atomic E-state index is 12.2. The molecule has 0 heterocycles. The minimum Gasteiger partial charge on any atom is -0.493 e. The number of aliphatic hydroxyl groups excluding tert-OH is 1. The largest absolute Gasteiger partial charge is 0.493 e. The van der Waals surface area contributed by atoms with E-state index in [1.54, 1.807) is 30.3 Å². The fourth-order valence-corrected chi connectivity index (χ4v) is 2.84. The van der Waals surface area contributed by atoms with Gasteiger partial charge in [-0.25, -0.2) is 0 Å². The lowest BCUT2D eigenvalue weighted by Gasteiger charge is -2.19. The molecule has 0 aliphatic heterocycles. The van der Waals surface area contributed by atoms with E-state index in [0.29, 0.717) is 28.4 Å². The van der Waals surface area contributed by atoms with Crippen molar-refractivity contribution in [1.82, 2.24) is 5.32 Å². The smallest absolute Gasteiger partial charge is 0.252 e. The van der Waals surface area contributed by atoms with Gasteiger partial charge in [-0.1, -0.05) is 23.7 Å². The number of amides is 1. The third-order valence-corrected chi connectivity index (χ3v) is 4.11. The van der Waals surface area contributed by atoms with Crippen molar-refractivity contribution in [2.45, 2.75) is 6.10 Å². The first kappa shape index (κ1) is 18.9. The molecule has 7 heteroatoms. The third-order valence-electron chi connectivity index (χ3n) is 3.80. The first-order valence-corrected chi connectivity index (χ1v) is 7.84. The van der Waals surface area contributed by atoms with E-state index >= 15 is 0 Å². The summed E-state index contributed by atoms with van der Waals surface area (Å²) in [4.78, 5) is 12.2. The van der Waals surface area contributed by atoms with Crippen LogP contribution in [0.4, 0.5) is 0 Å². The first-order valence-electron chi connectivity index (χ1n) is 7.46. The molecule has 2 N–H and O–H groups in total. The second kappa shape index (κ2) is 8.09. The predicted molar refractivity (Wildman–Crippen MR) is 95.0 cm³/mol. The highest BCUT2D eigenvalue weighted by molar-refractivity contribution is 6.34. The molecule has 134 valence electrons. The monoisotopic (exact) mass is 365 g/mol. The maximum atomic E-state index is 12.2. The Morgan fingerprint density at radius 3 is 2.20 bits per heavy atom. The van der Waals surface area contributed by atoms with E-state index < -0.39 is 6.10 Å². The first-order chi connectivity index (χ1) is 12.0. The van der Waals surface area contributed by atoms with Crippen LogP contribution in [0.15, 0.2) is 30.3 Å². The van der Waals surface area contributed by atoms with Gasteiger partial charge in [0, 0.05) is 7.05 Å². The van der Waals surface area contributed by atoms with Crippen LogP contribution in [0, 0.1) is 0 Å². The van der Waals surface area contributed by atoms with Crippen molar-refractivity contribution in [1.29, 1.82) is 0 Å². The molecule has 1 amide bonds. The van der Waals surface area contributed by atoms with Gasteiger partial charge < -0.3 is 24.6 Å². The van der Waals surface area contributed by atoms with Gasteiger partial charge in [0.15, 0.2) is 11.5 Å². The van der Waals surface area contributed by atoms with Crippen LogP contribution in [0.1, 0.15) is 27.6 Å². The minimum atomic E-state index is -1.11. The molecule has 1 unspecified atom stereocenters. The normalized spacial score (nSPS) is 11.6. The molecule has 1 atom stereocenters. The molecule has 0 aromatic heterocycles. The van der Waals surface area contributed by atoms with Crippen molar-refractivity contribution in [2.24, 2.45) is 0 Å². The Hall–Kier alpha value is -2.44. The highest BCUT2D eigenvalue weighted by Crippen LogP contribution is 2.41. The highest BCUT2D eigenvalue weighted by atomic mass is 35.5. The van der Waals surface area contributed by atoms with Crippen molar-refractivity contribution in [3.05, 3.63) is 52.0 Å². The van der Waals surface area contributed by atoms with Gasteiger partial charge in [-0.2, -0.15) is 0 Å². The van der Waals surface area contributed by atoms with Crippen molar-refractivity contribution in [3.63, 3.8) is 0 Å². The Morgan fingerprint density at radius 2 is 1.72 bits per heavy atom. The van der Waals surface area contributed by atoms with Crippen LogP contribution < -0.4 is 19.5 Å². The van der Waals surface area contributed by atoms with Crippen molar-refractivity contribution in [3.8, 4) is 17.2 Å². The van der Waals surface area contributed by atoms with Crippen molar-refractivity contribution >= 4 is 17.5 Å². The molecular formula is C18H20ClNO5. The van der Waals surface area contributed by atoms with Gasteiger partial charge in [0.1, 0.15) is 6.10 Å². The average molecular weight is 366 g/mol. The molecule has 2 aromatic carbocycles. The SMILES string of the molecule is CNC(=O)c1c(Cl)cccc1C(O)c1cc(OC)c(OC)c(OC)c1. The number of ether oxygens (including phenoxy) is 3. The summed E-state index contributed by atoms with van der Waals surface area (Å²) in [7, 11) is 5.98. The van der Waals surface area contributed by atoms with Crippen LogP contribution in [0.25, 0.3) is 0 Å². The quantitative estimate of drug-likeness (QED) is 0.823. The summed E-state index contributed by atoms with van der Waals surface area (Å²) in [5, 5.41) is 13.6. The van der Waals surface area contributed by atoms with E-state index in [2.05, 4.69) is 5.32 Å². The summed E-state index contributed by atoms with van der Waals surface area (Å²) in [6, 6.07) is 8.16. The number of hydrogen-bond donors (Lipinski definition) is 2. The standard InChI is InChI=1S/C18H20ClNO5/c1-20-18(22)15-11(6-5-7-12(15)19)16(21)10-8-13(23-2)17(25-4)14(9-10)24-3/h5-9,16,21H,1-4H3,(H,20,22). The number of aliphatic hydroxyl groups is 1. The molecule has 0 saturated heterocycles. The summed E-state index contributed by atoms with van der Waals surface area (Å²) in [6.07, 6.45) is -1.11. The number of carbonyl (C=O) groups is 1. The lowest BCUT2D eigenvalue weighted by molar-refractivity contribution is 0.0958. The number of halogens is 1. The van der Waals surface area contributed by atoms with E-state index in [1.807, 2.05) is 0 Å². The summed E-state index contributed by atoms with van der Waals surface area (Å²) >= 11 is 6.16. The van der Waals surface area contributed by atoms with Crippen LogP contribution in [-0.2, 0) is 0 Å². The van der Waals surface area contributed by atoms with Crippen molar-refractivity contribution < 1.29 is 24.1 Å². The van der Waals surface area contributed by atoms with Gasteiger partial charge in [0.05, 0.1) is 31.9 Å². The number of benzene rings is 2. The molecule has 2 rings (SSSR count). The van der Waals surface area contributed by atoms with Crippen LogP contribution in [0.5, 0.6) is 17.2 Å². The molecule has 2 aromatic rings.